The monoisotopic (exact) mass is 507 g/mol. The molecule has 188 valence electrons. The van der Waals surface area contributed by atoms with Gasteiger partial charge in [0.05, 0.1) is 5.69 Å². The number of rotatable bonds is 3. The predicted octanol–water partition coefficient (Wildman–Crippen LogP) is 8.53. The van der Waals surface area contributed by atoms with Gasteiger partial charge in [0.2, 0.25) is 16.7 Å². The van der Waals surface area contributed by atoms with E-state index >= 15 is 0 Å². The van der Waals surface area contributed by atoms with E-state index in [4.69, 9.17) is 15.7 Å². The molecule has 0 radical (unpaired) electrons. The Bertz CT molecular complexity index is 1540. The Labute approximate surface area is 224 Å². The standard InChI is InChI=1S/C24H18N4S.2C4H8/c1-16-7-10-20(29-16)15-26-18-9-12-22-24(14-18)28(19-5-3-2-4-6-19)23-13-17(25)8-11-21(23)27-22;2*1-4(2)3/h2-15,25H,1H3;2*1H2,2-3H3/p+1. The van der Waals surface area contributed by atoms with Crippen LogP contribution in [0.3, 0.4) is 0 Å². The van der Waals surface area contributed by atoms with Crippen molar-refractivity contribution >= 4 is 51.0 Å². The maximum absolute atomic E-state index is 6.10. The second-order valence-electron chi connectivity index (χ2n) is 9.32. The van der Waals surface area contributed by atoms with E-state index in [1.807, 2.05) is 82.4 Å². The van der Waals surface area contributed by atoms with Crippen molar-refractivity contribution in [1.82, 2.24) is 4.98 Å². The molecule has 0 saturated heterocycles. The first-order valence-corrected chi connectivity index (χ1v) is 12.9. The molecule has 0 aliphatic rings. The van der Waals surface area contributed by atoms with E-state index in [9.17, 15) is 0 Å². The van der Waals surface area contributed by atoms with E-state index < -0.39 is 0 Å². The Kier molecular flexibility index (Phi) is 9.47. The fourth-order valence-corrected chi connectivity index (χ4v) is 4.20. The van der Waals surface area contributed by atoms with Crippen molar-refractivity contribution in [3.05, 3.63) is 113 Å². The zero-order valence-corrected chi connectivity index (χ0v) is 23.1. The molecule has 0 atom stereocenters. The molecular formula is C32H35N4S+. The van der Waals surface area contributed by atoms with E-state index in [0.717, 1.165) is 38.3 Å². The SMILES string of the molecule is C=C(C)C.C=C(C)C.Cc1ccc(C=Nc2ccc3nc4ccc(N)cc4[n+](-c4ccccc4)c3c2)s1. The number of para-hydroxylation sites is 1. The summed E-state index contributed by atoms with van der Waals surface area (Å²) in [5, 5.41) is 0. The normalized spacial score (nSPS) is 10.5. The van der Waals surface area contributed by atoms with E-state index in [2.05, 4.69) is 55.0 Å². The summed E-state index contributed by atoms with van der Waals surface area (Å²) in [5.74, 6) is 0. The molecule has 4 nitrogen and oxygen atoms in total. The fraction of sp³-hybridized carbons (Fsp3) is 0.156. The van der Waals surface area contributed by atoms with Crippen molar-refractivity contribution < 1.29 is 4.57 Å². The van der Waals surface area contributed by atoms with Crippen molar-refractivity contribution in [2.75, 3.05) is 5.73 Å². The molecule has 5 rings (SSSR count). The Morgan fingerprint density at radius 1 is 0.838 bits per heavy atom. The number of nitrogens with two attached hydrogens (primary N) is 1. The van der Waals surface area contributed by atoms with Crippen LogP contribution in [0.1, 0.15) is 37.4 Å². The maximum atomic E-state index is 6.10. The van der Waals surface area contributed by atoms with Gasteiger partial charge in [-0.1, -0.05) is 29.3 Å². The first-order chi connectivity index (χ1) is 17.6. The van der Waals surface area contributed by atoms with Crippen LogP contribution >= 0.6 is 11.3 Å². The number of hydrogen-bond donors (Lipinski definition) is 1. The summed E-state index contributed by atoms with van der Waals surface area (Å²) in [6.45, 7) is 17.1. The summed E-state index contributed by atoms with van der Waals surface area (Å²) < 4.78 is 2.20. The van der Waals surface area contributed by atoms with Crippen molar-refractivity contribution in [3.8, 4) is 5.69 Å². The molecule has 5 aromatic rings. The largest absolute Gasteiger partial charge is 0.399 e. The topological polar surface area (TPSA) is 55.1 Å². The van der Waals surface area contributed by atoms with Gasteiger partial charge in [0, 0.05) is 45.9 Å². The highest BCUT2D eigenvalue weighted by Gasteiger charge is 2.19. The van der Waals surface area contributed by atoms with Gasteiger partial charge in [-0.2, -0.15) is 0 Å². The molecule has 2 heterocycles. The van der Waals surface area contributed by atoms with E-state index in [0.29, 0.717) is 5.69 Å². The minimum absolute atomic E-state index is 0.713. The maximum Gasteiger partial charge on any atom is 0.239 e. The molecule has 0 aliphatic carbocycles. The number of aromatic nitrogens is 2. The fourth-order valence-electron chi connectivity index (χ4n) is 3.46. The molecule has 5 heteroatoms. The number of aryl methyl sites for hydroxylation is 1. The average Bonchev–Trinajstić information content (AvgIpc) is 3.26. The van der Waals surface area contributed by atoms with Crippen LogP contribution in [0.25, 0.3) is 27.8 Å². The number of fused-ring (bicyclic) bond motifs is 2. The molecule has 0 spiro atoms. The van der Waals surface area contributed by atoms with Crippen molar-refractivity contribution in [2.45, 2.75) is 34.6 Å². The third kappa shape index (κ3) is 7.95. The van der Waals surface area contributed by atoms with Gasteiger partial charge >= 0.3 is 0 Å². The minimum Gasteiger partial charge on any atom is -0.399 e. The molecule has 37 heavy (non-hydrogen) atoms. The highest BCUT2D eigenvalue weighted by molar-refractivity contribution is 7.13. The Balaban J connectivity index is 0.000000420. The number of nitrogens with zero attached hydrogens (tertiary/aromatic N) is 3. The Morgan fingerprint density at radius 3 is 2.03 bits per heavy atom. The molecule has 0 amide bonds. The van der Waals surface area contributed by atoms with Gasteiger partial charge in [0.15, 0.2) is 0 Å². The second-order valence-corrected chi connectivity index (χ2v) is 10.6. The Morgan fingerprint density at radius 2 is 1.43 bits per heavy atom. The van der Waals surface area contributed by atoms with Crippen LogP contribution in [0.5, 0.6) is 0 Å². The van der Waals surface area contributed by atoms with E-state index in [1.54, 1.807) is 11.3 Å². The van der Waals surface area contributed by atoms with E-state index in [1.165, 1.54) is 16.0 Å². The summed E-state index contributed by atoms with van der Waals surface area (Å²) in [6.07, 6.45) is 1.91. The van der Waals surface area contributed by atoms with Crippen LogP contribution in [0, 0.1) is 6.92 Å². The van der Waals surface area contributed by atoms with Crippen LogP contribution in [-0.2, 0) is 0 Å². The quantitative estimate of drug-likeness (QED) is 0.0874. The Hall–Kier alpha value is -4.09. The highest BCUT2D eigenvalue weighted by atomic mass is 32.1. The lowest BCUT2D eigenvalue weighted by molar-refractivity contribution is -0.538. The third-order valence-electron chi connectivity index (χ3n) is 4.80. The predicted molar refractivity (Wildman–Crippen MR) is 162 cm³/mol. The molecule has 2 N–H and O–H groups in total. The summed E-state index contributed by atoms with van der Waals surface area (Å²) in [4.78, 5) is 12.0. The first kappa shape index (κ1) is 27.5. The van der Waals surface area contributed by atoms with E-state index in [-0.39, 0.29) is 0 Å². The molecular weight excluding hydrogens is 472 g/mol. The number of nitrogen functional groups attached to an aromatic ring is 1. The number of benzene rings is 3. The molecule has 0 aliphatic heterocycles. The van der Waals surface area contributed by atoms with Gasteiger partial charge in [-0.05, 0) is 71.0 Å². The van der Waals surface area contributed by atoms with Gasteiger partial charge < -0.3 is 5.73 Å². The lowest BCUT2D eigenvalue weighted by Gasteiger charge is -2.06. The number of aliphatic imine (C=N–C) groups is 1. The van der Waals surface area contributed by atoms with Gasteiger partial charge in [-0.3, -0.25) is 4.99 Å². The van der Waals surface area contributed by atoms with Crippen LogP contribution in [0.15, 0.2) is 108 Å². The summed E-state index contributed by atoms with van der Waals surface area (Å²) in [5.41, 5.74) is 14.9. The second kappa shape index (κ2) is 12.7. The lowest BCUT2D eigenvalue weighted by Crippen LogP contribution is -2.33. The smallest absolute Gasteiger partial charge is 0.239 e. The van der Waals surface area contributed by atoms with Gasteiger partial charge in [-0.15, -0.1) is 29.1 Å². The molecule has 0 saturated carbocycles. The van der Waals surface area contributed by atoms with Gasteiger partial charge in [0.1, 0.15) is 11.0 Å². The molecule has 3 aromatic carbocycles. The zero-order valence-electron chi connectivity index (χ0n) is 22.3. The van der Waals surface area contributed by atoms with Crippen LogP contribution in [0.4, 0.5) is 11.4 Å². The highest BCUT2D eigenvalue weighted by Crippen LogP contribution is 2.24. The molecule has 0 fully saturated rings. The first-order valence-electron chi connectivity index (χ1n) is 12.1. The van der Waals surface area contributed by atoms with Gasteiger partial charge in [0.25, 0.3) is 0 Å². The van der Waals surface area contributed by atoms with Crippen LogP contribution in [0.2, 0.25) is 0 Å². The number of anilines is 1. The molecule has 0 bridgehead atoms. The number of allylic oxidation sites excluding steroid dienone is 2. The summed E-state index contributed by atoms with van der Waals surface area (Å²) >= 11 is 1.73. The van der Waals surface area contributed by atoms with Crippen molar-refractivity contribution in [2.24, 2.45) is 4.99 Å². The summed E-state index contributed by atoms with van der Waals surface area (Å²) in [6, 6.07) is 26.4. The van der Waals surface area contributed by atoms with Crippen LogP contribution in [-0.4, -0.2) is 11.2 Å². The summed E-state index contributed by atoms with van der Waals surface area (Å²) in [7, 11) is 0. The van der Waals surface area contributed by atoms with Crippen LogP contribution < -0.4 is 10.3 Å². The zero-order chi connectivity index (χ0) is 26.9. The van der Waals surface area contributed by atoms with Crippen molar-refractivity contribution in [3.63, 3.8) is 0 Å². The minimum atomic E-state index is 0.713. The average molecular weight is 508 g/mol. The van der Waals surface area contributed by atoms with Crippen molar-refractivity contribution in [1.29, 1.82) is 0 Å². The molecule has 2 aromatic heterocycles. The van der Waals surface area contributed by atoms with Gasteiger partial charge in [-0.25, -0.2) is 4.98 Å². The molecule has 0 unspecified atom stereocenters. The lowest BCUT2D eigenvalue weighted by atomic mass is 10.2. The number of hydrogen-bond acceptors (Lipinski definition) is 4. The third-order valence-corrected chi connectivity index (χ3v) is 5.73. The number of thiophene rings is 1.